The Balaban J connectivity index is 2.71. The third kappa shape index (κ3) is 6.31. The van der Waals surface area contributed by atoms with Gasteiger partial charge in [-0.25, -0.2) is 9.59 Å². The maximum atomic E-state index is 12.0. The molecule has 0 heterocycles. The van der Waals surface area contributed by atoms with Crippen LogP contribution in [-0.2, 0) is 14.2 Å². The molecule has 0 fully saturated rings. The smallest absolute Gasteiger partial charge is 0.338 e. The van der Waals surface area contributed by atoms with Gasteiger partial charge in [0.25, 0.3) is 0 Å². The van der Waals surface area contributed by atoms with E-state index in [0.29, 0.717) is 24.2 Å². The van der Waals surface area contributed by atoms with Crippen LogP contribution in [0.5, 0.6) is 0 Å². The van der Waals surface area contributed by atoms with E-state index >= 15 is 0 Å². The van der Waals surface area contributed by atoms with Crippen molar-refractivity contribution in [2.24, 2.45) is 0 Å². The van der Waals surface area contributed by atoms with Crippen molar-refractivity contribution in [3.8, 4) is 0 Å². The average molecular weight is 420 g/mol. The third-order valence-corrected chi connectivity index (χ3v) is 3.59. The first kappa shape index (κ1) is 18.9. The molecule has 0 unspecified atom stereocenters. The minimum atomic E-state index is -0.452. The second-order valence-corrected chi connectivity index (χ2v) is 6.08. The molecule has 0 aliphatic rings. The number of hydrogen-bond acceptors (Lipinski definition) is 5. The number of rotatable bonds is 8. The third-order valence-electron chi connectivity index (χ3n) is 2.97. The molecule has 0 aliphatic carbocycles. The fraction of sp³-hybridized carbons (Fsp3) is 0.500. The highest BCUT2D eigenvalue weighted by molar-refractivity contribution is 14.1. The Kier molecular flexibility index (Phi) is 8.40. The predicted molar refractivity (Wildman–Crippen MR) is 91.1 cm³/mol. The Morgan fingerprint density at radius 2 is 1.64 bits per heavy atom. The van der Waals surface area contributed by atoms with Gasteiger partial charge in [-0.2, -0.15) is 0 Å². The van der Waals surface area contributed by atoms with Crippen LogP contribution in [0.25, 0.3) is 0 Å². The molecule has 1 aromatic rings. The molecule has 0 saturated heterocycles. The topological polar surface area (TPSA) is 61.8 Å². The van der Waals surface area contributed by atoms with Gasteiger partial charge in [-0.15, -0.1) is 0 Å². The SMILES string of the molecule is CCCOC(=O)c1cc(I)cc(C(=O)OCC[C@@H](C)OC)c1. The number of ether oxygens (including phenoxy) is 3. The zero-order valence-electron chi connectivity index (χ0n) is 13.1. The van der Waals surface area contributed by atoms with E-state index in [9.17, 15) is 9.59 Å². The summed E-state index contributed by atoms with van der Waals surface area (Å²) >= 11 is 2.05. The minimum absolute atomic E-state index is 0.0308. The Morgan fingerprint density at radius 3 is 2.14 bits per heavy atom. The fourth-order valence-corrected chi connectivity index (χ4v) is 2.29. The molecule has 6 heteroatoms. The summed E-state index contributed by atoms with van der Waals surface area (Å²) in [6, 6.07) is 4.86. The summed E-state index contributed by atoms with van der Waals surface area (Å²) in [5, 5.41) is 0. The van der Waals surface area contributed by atoms with Crippen molar-refractivity contribution >= 4 is 34.5 Å². The first-order valence-electron chi connectivity index (χ1n) is 7.15. The van der Waals surface area contributed by atoms with Crippen LogP contribution in [-0.4, -0.2) is 38.4 Å². The lowest BCUT2D eigenvalue weighted by Crippen LogP contribution is -2.14. The van der Waals surface area contributed by atoms with Crippen LogP contribution in [0, 0.1) is 3.57 Å². The van der Waals surface area contributed by atoms with Crippen molar-refractivity contribution in [2.75, 3.05) is 20.3 Å². The van der Waals surface area contributed by atoms with E-state index in [1.165, 1.54) is 6.07 Å². The number of hydrogen-bond donors (Lipinski definition) is 0. The second-order valence-electron chi connectivity index (χ2n) is 4.84. The Hall–Kier alpha value is -1.15. The lowest BCUT2D eigenvalue weighted by Gasteiger charge is -2.10. The number of carbonyl (C=O) groups is 2. The predicted octanol–water partition coefficient (Wildman–Crippen LogP) is 3.44. The summed E-state index contributed by atoms with van der Waals surface area (Å²) < 4.78 is 16.1. The molecule has 22 heavy (non-hydrogen) atoms. The van der Waals surface area contributed by atoms with E-state index in [0.717, 1.165) is 9.99 Å². The monoisotopic (exact) mass is 420 g/mol. The Bertz CT molecular complexity index is 515. The molecule has 0 amide bonds. The van der Waals surface area contributed by atoms with Crippen LogP contribution in [0.15, 0.2) is 18.2 Å². The molecule has 122 valence electrons. The van der Waals surface area contributed by atoms with E-state index in [1.807, 2.05) is 13.8 Å². The summed E-state index contributed by atoms with van der Waals surface area (Å²) in [6.45, 7) is 4.46. The number of methoxy groups -OCH3 is 1. The van der Waals surface area contributed by atoms with Crippen molar-refractivity contribution in [2.45, 2.75) is 32.8 Å². The molecule has 0 radical (unpaired) electrons. The van der Waals surface area contributed by atoms with Crippen LogP contribution in [0.1, 0.15) is 47.4 Å². The second kappa shape index (κ2) is 9.78. The van der Waals surface area contributed by atoms with Gasteiger partial charge in [-0.05, 0) is 54.1 Å². The summed E-state index contributed by atoms with van der Waals surface area (Å²) in [5.74, 6) is -0.881. The first-order chi connectivity index (χ1) is 10.5. The van der Waals surface area contributed by atoms with Gasteiger partial charge in [0.1, 0.15) is 0 Å². The first-order valence-corrected chi connectivity index (χ1v) is 8.23. The quantitative estimate of drug-likeness (QED) is 0.477. The molecule has 1 rings (SSSR count). The van der Waals surface area contributed by atoms with Gasteiger partial charge in [0.2, 0.25) is 0 Å². The molecule has 0 saturated carbocycles. The molecule has 0 aliphatic heterocycles. The zero-order chi connectivity index (χ0) is 16.5. The molecule has 1 aromatic carbocycles. The Labute approximate surface area is 144 Å². The molecular weight excluding hydrogens is 399 g/mol. The van der Waals surface area contributed by atoms with Gasteiger partial charge >= 0.3 is 11.9 Å². The van der Waals surface area contributed by atoms with Crippen LogP contribution < -0.4 is 0 Å². The van der Waals surface area contributed by atoms with E-state index in [-0.39, 0.29) is 12.7 Å². The van der Waals surface area contributed by atoms with Gasteiger partial charge in [-0.3, -0.25) is 0 Å². The minimum Gasteiger partial charge on any atom is -0.462 e. The number of esters is 2. The van der Waals surface area contributed by atoms with Crippen LogP contribution >= 0.6 is 22.6 Å². The fourth-order valence-electron chi connectivity index (χ4n) is 1.62. The largest absolute Gasteiger partial charge is 0.462 e. The van der Waals surface area contributed by atoms with Crippen LogP contribution in [0.4, 0.5) is 0 Å². The van der Waals surface area contributed by atoms with Crippen molar-refractivity contribution in [3.05, 3.63) is 32.9 Å². The van der Waals surface area contributed by atoms with E-state index in [1.54, 1.807) is 19.2 Å². The highest BCUT2D eigenvalue weighted by atomic mass is 127. The lowest BCUT2D eigenvalue weighted by atomic mass is 10.1. The van der Waals surface area contributed by atoms with Gasteiger partial charge in [-0.1, -0.05) is 6.92 Å². The van der Waals surface area contributed by atoms with E-state index in [2.05, 4.69) is 22.6 Å². The maximum absolute atomic E-state index is 12.0. The maximum Gasteiger partial charge on any atom is 0.338 e. The molecule has 0 spiro atoms. The van der Waals surface area contributed by atoms with Crippen molar-refractivity contribution in [1.29, 1.82) is 0 Å². The molecule has 0 bridgehead atoms. The average Bonchev–Trinajstić information content (AvgIpc) is 2.51. The number of halogens is 1. The van der Waals surface area contributed by atoms with Gasteiger partial charge in [0, 0.05) is 17.1 Å². The molecule has 0 N–H and O–H groups in total. The van der Waals surface area contributed by atoms with E-state index < -0.39 is 11.9 Å². The number of benzene rings is 1. The van der Waals surface area contributed by atoms with Crippen molar-refractivity contribution in [1.82, 2.24) is 0 Å². The van der Waals surface area contributed by atoms with Gasteiger partial charge in [0.15, 0.2) is 0 Å². The summed E-state index contributed by atoms with van der Waals surface area (Å²) in [6.07, 6.45) is 1.41. The summed E-state index contributed by atoms with van der Waals surface area (Å²) in [7, 11) is 1.61. The highest BCUT2D eigenvalue weighted by Gasteiger charge is 2.14. The Morgan fingerprint density at radius 1 is 1.09 bits per heavy atom. The van der Waals surface area contributed by atoms with Crippen LogP contribution in [0.3, 0.4) is 0 Å². The van der Waals surface area contributed by atoms with E-state index in [4.69, 9.17) is 14.2 Å². The molecular formula is C16H21IO5. The van der Waals surface area contributed by atoms with Crippen molar-refractivity contribution in [3.63, 3.8) is 0 Å². The van der Waals surface area contributed by atoms with Crippen molar-refractivity contribution < 1.29 is 23.8 Å². The number of carbonyl (C=O) groups excluding carboxylic acids is 2. The van der Waals surface area contributed by atoms with Gasteiger partial charge < -0.3 is 14.2 Å². The summed E-state index contributed by atoms with van der Waals surface area (Å²) in [5.41, 5.74) is 0.706. The van der Waals surface area contributed by atoms with Gasteiger partial charge in [0.05, 0.1) is 30.4 Å². The zero-order valence-corrected chi connectivity index (χ0v) is 15.2. The standard InChI is InChI=1S/C16H21IO5/c1-4-6-21-15(18)12-8-13(10-14(17)9-12)16(19)22-7-5-11(2)20-3/h8-11H,4-7H2,1-3H3/t11-/m1/s1. The molecule has 5 nitrogen and oxygen atoms in total. The molecule has 1 atom stereocenters. The molecule has 0 aromatic heterocycles. The normalized spacial score (nSPS) is 11.8. The van der Waals surface area contributed by atoms with Crippen LogP contribution in [0.2, 0.25) is 0 Å². The summed E-state index contributed by atoms with van der Waals surface area (Å²) in [4.78, 5) is 23.9. The lowest BCUT2D eigenvalue weighted by molar-refractivity contribution is 0.0391. The highest BCUT2D eigenvalue weighted by Crippen LogP contribution is 2.15.